The zero-order chi connectivity index (χ0) is 14.7. The van der Waals surface area contributed by atoms with Crippen molar-refractivity contribution in [3.8, 4) is 0 Å². The molecule has 2 rings (SSSR count). The van der Waals surface area contributed by atoms with Crippen LogP contribution in [0.5, 0.6) is 0 Å². The van der Waals surface area contributed by atoms with Gasteiger partial charge in [0.2, 0.25) is 0 Å². The van der Waals surface area contributed by atoms with Crippen LogP contribution in [0, 0.1) is 10.1 Å². The Kier molecular flexibility index (Phi) is 4.31. The number of benzene rings is 1. The summed E-state index contributed by atoms with van der Waals surface area (Å²) in [5.74, 6) is -0.488. The lowest BCUT2D eigenvalue weighted by molar-refractivity contribution is -0.383. The fourth-order valence-corrected chi connectivity index (χ4v) is 2.04. The molecule has 0 aliphatic heterocycles. The van der Waals surface area contributed by atoms with E-state index in [-0.39, 0.29) is 11.4 Å². The lowest BCUT2D eigenvalue weighted by Gasteiger charge is -2.06. The average Bonchev–Trinajstić information content (AvgIpc) is 2.38. The van der Waals surface area contributed by atoms with Crippen molar-refractivity contribution in [1.29, 1.82) is 0 Å². The van der Waals surface area contributed by atoms with E-state index in [1.165, 1.54) is 36.5 Å². The van der Waals surface area contributed by atoms with Gasteiger partial charge in [0.1, 0.15) is 10.3 Å². The van der Waals surface area contributed by atoms with E-state index in [0.717, 1.165) is 0 Å². The van der Waals surface area contributed by atoms with Crippen LogP contribution >= 0.6 is 27.5 Å². The number of hydrogen-bond donors (Lipinski definition) is 1. The van der Waals surface area contributed by atoms with Crippen LogP contribution < -0.4 is 5.32 Å². The molecule has 20 heavy (non-hydrogen) atoms. The standard InChI is InChI=1S/C12H7BrClN3O3/c13-11-5-7(3-4-15-11)12(18)16-9-6-8(14)1-2-10(9)17(19)20/h1-6H,(H,16,18). The molecular formula is C12H7BrClN3O3. The second kappa shape index (κ2) is 5.98. The number of nitrogens with one attached hydrogen (secondary N) is 1. The zero-order valence-electron chi connectivity index (χ0n) is 9.84. The lowest BCUT2D eigenvalue weighted by atomic mass is 10.2. The molecule has 102 valence electrons. The van der Waals surface area contributed by atoms with Crippen LogP contribution in [0.1, 0.15) is 10.4 Å². The van der Waals surface area contributed by atoms with Crippen LogP contribution in [0.15, 0.2) is 41.1 Å². The minimum atomic E-state index is -0.589. The van der Waals surface area contributed by atoms with E-state index in [1.807, 2.05) is 0 Å². The normalized spacial score (nSPS) is 10.1. The first-order valence-corrected chi connectivity index (χ1v) is 6.51. The van der Waals surface area contributed by atoms with Gasteiger partial charge in [0, 0.05) is 22.8 Å². The highest BCUT2D eigenvalue weighted by molar-refractivity contribution is 9.10. The summed E-state index contributed by atoms with van der Waals surface area (Å²) in [4.78, 5) is 26.2. The van der Waals surface area contributed by atoms with Gasteiger partial charge in [-0.15, -0.1) is 0 Å². The molecule has 2 aromatic rings. The highest BCUT2D eigenvalue weighted by atomic mass is 79.9. The van der Waals surface area contributed by atoms with Gasteiger partial charge in [0.15, 0.2) is 0 Å². The zero-order valence-corrected chi connectivity index (χ0v) is 12.2. The first-order valence-electron chi connectivity index (χ1n) is 5.34. The maximum atomic E-state index is 12.0. The third-order valence-electron chi connectivity index (χ3n) is 2.39. The van der Waals surface area contributed by atoms with Crippen LogP contribution in [0.25, 0.3) is 0 Å². The summed E-state index contributed by atoms with van der Waals surface area (Å²) < 4.78 is 0.491. The number of aromatic nitrogens is 1. The second-order valence-corrected chi connectivity index (χ2v) is 4.99. The van der Waals surface area contributed by atoms with E-state index < -0.39 is 10.8 Å². The quantitative estimate of drug-likeness (QED) is 0.516. The van der Waals surface area contributed by atoms with E-state index in [2.05, 4.69) is 26.2 Å². The van der Waals surface area contributed by atoms with Crippen LogP contribution in [-0.4, -0.2) is 15.8 Å². The molecule has 0 fully saturated rings. The molecule has 0 saturated heterocycles. The molecule has 1 aromatic carbocycles. The summed E-state index contributed by atoms with van der Waals surface area (Å²) in [5, 5.41) is 13.7. The van der Waals surface area contributed by atoms with Gasteiger partial charge in [-0.3, -0.25) is 14.9 Å². The highest BCUT2D eigenvalue weighted by Crippen LogP contribution is 2.28. The molecule has 0 radical (unpaired) electrons. The van der Waals surface area contributed by atoms with Crippen molar-refractivity contribution < 1.29 is 9.72 Å². The Labute approximate surface area is 127 Å². The predicted octanol–water partition coefficient (Wildman–Crippen LogP) is 3.66. The highest BCUT2D eigenvalue weighted by Gasteiger charge is 2.17. The van der Waals surface area contributed by atoms with Gasteiger partial charge in [0.25, 0.3) is 11.6 Å². The Bertz CT molecular complexity index is 693. The molecule has 8 heteroatoms. The number of carbonyl (C=O) groups excluding carboxylic acids is 1. The maximum Gasteiger partial charge on any atom is 0.292 e. The summed E-state index contributed by atoms with van der Waals surface area (Å²) in [5.41, 5.74) is 0.137. The molecule has 0 aliphatic carbocycles. The van der Waals surface area contributed by atoms with Crippen molar-refractivity contribution in [2.45, 2.75) is 0 Å². The molecule has 0 unspecified atom stereocenters. The first-order chi connectivity index (χ1) is 9.47. The van der Waals surface area contributed by atoms with Crippen molar-refractivity contribution in [1.82, 2.24) is 4.98 Å². The smallest absolute Gasteiger partial charge is 0.292 e. The Morgan fingerprint density at radius 3 is 2.75 bits per heavy atom. The topological polar surface area (TPSA) is 85.1 Å². The number of pyridine rings is 1. The maximum absolute atomic E-state index is 12.0. The van der Waals surface area contributed by atoms with Crippen molar-refractivity contribution in [3.05, 3.63) is 61.8 Å². The van der Waals surface area contributed by atoms with Gasteiger partial charge in [-0.1, -0.05) is 11.6 Å². The number of hydrogen-bond acceptors (Lipinski definition) is 4. The van der Waals surface area contributed by atoms with E-state index in [0.29, 0.717) is 15.2 Å². The summed E-state index contributed by atoms with van der Waals surface area (Å²) >= 11 is 8.93. The molecule has 0 bridgehead atoms. The molecule has 0 atom stereocenters. The summed E-state index contributed by atoms with van der Waals surface area (Å²) in [6.45, 7) is 0. The summed E-state index contributed by atoms with van der Waals surface area (Å²) in [7, 11) is 0. The third kappa shape index (κ3) is 3.31. The minimum absolute atomic E-state index is 0.0421. The van der Waals surface area contributed by atoms with Gasteiger partial charge >= 0.3 is 0 Å². The SMILES string of the molecule is O=C(Nc1cc(Cl)ccc1[N+](=O)[O-])c1ccnc(Br)c1. The van der Waals surface area contributed by atoms with E-state index in [4.69, 9.17) is 11.6 Å². The molecular weight excluding hydrogens is 350 g/mol. The average molecular weight is 357 g/mol. The number of rotatable bonds is 3. The van der Waals surface area contributed by atoms with Gasteiger partial charge in [0.05, 0.1) is 4.92 Å². The van der Waals surface area contributed by atoms with Crippen molar-refractivity contribution >= 4 is 44.8 Å². The van der Waals surface area contributed by atoms with E-state index >= 15 is 0 Å². The molecule has 1 aromatic heterocycles. The third-order valence-corrected chi connectivity index (χ3v) is 3.06. The Hall–Kier alpha value is -1.99. The number of halogens is 2. The molecule has 6 nitrogen and oxygen atoms in total. The van der Waals surface area contributed by atoms with Crippen molar-refractivity contribution in [3.63, 3.8) is 0 Å². The number of nitro groups is 1. The van der Waals surface area contributed by atoms with Gasteiger partial charge in [-0.25, -0.2) is 4.98 Å². The van der Waals surface area contributed by atoms with Crippen molar-refractivity contribution in [2.24, 2.45) is 0 Å². The number of nitrogens with zero attached hydrogens (tertiary/aromatic N) is 2. The molecule has 1 N–H and O–H groups in total. The van der Waals surface area contributed by atoms with E-state index in [9.17, 15) is 14.9 Å². The number of amides is 1. The molecule has 1 amide bonds. The van der Waals surface area contributed by atoms with E-state index in [1.54, 1.807) is 0 Å². The Morgan fingerprint density at radius 1 is 1.35 bits per heavy atom. The largest absolute Gasteiger partial charge is 0.316 e. The minimum Gasteiger partial charge on any atom is -0.316 e. The van der Waals surface area contributed by atoms with Crippen molar-refractivity contribution in [2.75, 3.05) is 5.32 Å². The predicted molar refractivity (Wildman–Crippen MR) is 78.0 cm³/mol. The van der Waals surface area contributed by atoms with Crippen LogP contribution in [-0.2, 0) is 0 Å². The number of nitro benzene ring substituents is 1. The van der Waals surface area contributed by atoms with Crippen LogP contribution in [0.2, 0.25) is 5.02 Å². The van der Waals surface area contributed by atoms with Gasteiger partial charge < -0.3 is 5.32 Å². The first kappa shape index (κ1) is 14.4. The lowest BCUT2D eigenvalue weighted by Crippen LogP contribution is -2.13. The van der Waals surface area contributed by atoms with Gasteiger partial charge in [-0.05, 0) is 40.2 Å². The number of anilines is 1. The van der Waals surface area contributed by atoms with Gasteiger partial charge in [-0.2, -0.15) is 0 Å². The number of carbonyl (C=O) groups is 1. The van der Waals surface area contributed by atoms with Crippen LogP contribution in [0.4, 0.5) is 11.4 Å². The molecule has 0 saturated carbocycles. The Balaban J connectivity index is 2.32. The summed E-state index contributed by atoms with van der Waals surface area (Å²) in [6, 6.07) is 6.95. The molecule has 0 spiro atoms. The molecule has 0 aliphatic rings. The fourth-order valence-electron chi connectivity index (χ4n) is 1.51. The summed E-state index contributed by atoms with van der Waals surface area (Å²) in [6.07, 6.45) is 1.45. The monoisotopic (exact) mass is 355 g/mol. The Morgan fingerprint density at radius 2 is 2.10 bits per heavy atom. The van der Waals surface area contributed by atoms with Crippen LogP contribution in [0.3, 0.4) is 0 Å². The molecule has 1 heterocycles. The second-order valence-electron chi connectivity index (χ2n) is 3.74. The fraction of sp³-hybridized carbons (Fsp3) is 0.